The smallest absolute Gasteiger partial charge is 0.241 e. The van der Waals surface area contributed by atoms with E-state index < -0.39 is 0 Å². The van der Waals surface area contributed by atoms with Crippen LogP contribution in [0.25, 0.3) is 0 Å². The molecule has 1 aromatic heterocycles. The Kier molecular flexibility index (Phi) is 4.96. The minimum atomic E-state index is -0.0730. The predicted molar refractivity (Wildman–Crippen MR) is 77.1 cm³/mol. The van der Waals surface area contributed by atoms with Crippen LogP contribution < -0.4 is 5.32 Å². The van der Waals surface area contributed by atoms with Gasteiger partial charge in [-0.05, 0) is 31.7 Å². The monoisotopic (exact) mass is 282 g/mol. The van der Waals surface area contributed by atoms with E-state index in [0.29, 0.717) is 13.2 Å². The lowest BCUT2D eigenvalue weighted by Gasteiger charge is -2.29. The summed E-state index contributed by atoms with van der Waals surface area (Å²) >= 11 is 1.68. The summed E-state index contributed by atoms with van der Waals surface area (Å²) in [6, 6.07) is 4.12. The van der Waals surface area contributed by atoms with Gasteiger partial charge < -0.3 is 9.64 Å². The van der Waals surface area contributed by atoms with Crippen LogP contribution in [0.3, 0.4) is 0 Å². The van der Waals surface area contributed by atoms with Crippen molar-refractivity contribution in [1.82, 2.24) is 10.2 Å². The van der Waals surface area contributed by atoms with E-state index in [-0.39, 0.29) is 24.2 Å². The molecular formula is C14H22N2O2S. The van der Waals surface area contributed by atoms with E-state index in [2.05, 4.69) is 11.4 Å². The quantitative estimate of drug-likeness (QED) is 0.871. The number of hydrogen-bond donors (Lipinski definition) is 1. The summed E-state index contributed by atoms with van der Waals surface area (Å²) in [7, 11) is 0. The van der Waals surface area contributed by atoms with Gasteiger partial charge >= 0.3 is 0 Å². The molecule has 5 heteroatoms. The minimum absolute atomic E-state index is 0.00657. The molecule has 1 aliphatic rings. The van der Waals surface area contributed by atoms with Crippen LogP contribution in [0.15, 0.2) is 17.5 Å². The average Bonchev–Trinajstić information content (AvgIpc) is 3.03. The lowest BCUT2D eigenvalue weighted by atomic mass is 10.2. The number of carbonyl (C=O) groups is 1. The van der Waals surface area contributed by atoms with E-state index in [0.717, 1.165) is 6.42 Å². The third-order valence-electron chi connectivity index (χ3n) is 3.45. The molecule has 3 atom stereocenters. The molecule has 1 amide bonds. The number of amides is 1. The lowest BCUT2D eigenvalue weighted by Crippen LogP contribution is -2.40. The number of nitrogens with one attached hydrogen (secondary N) is 1. The van der Waals surface area contributed by atoms with Crippen LogP contribution in [0, 0.1) is 0 Å². The molecule has 1 aromatic rings. The molecule has 0 spiro atoms. The molecule has 4 nitrogen and oxygen atoms in total. The summed E-state index contributed by atoms with van der Waals surface area (Å²) in [4.78, 5) is 15.6. The van der Waals surface area contributed by atoms with Gasteiger partial charge in [-0.3, -0.25) is 10.1 Å². The summed E-state index contributed by atoms with van der Waals surface area (Å²) < 4.78 is 5.47. The van der Waals surface area contributed by atoms with Gasteiger partial charge in [0, 0.05) is 11.5 Å². The summed E-state index contributed by atoms with van der Waals surface area (Å²) in [6.07, 6.45) is 0.811. The van der Waals surface area contributed by atoms with Gasteiger partial charge in [-0.15, -0.1) is 11.3 Å². The van der Waals surface area contributed by atoms with Crippen molar-refractivity contribution in [2.75, 3.05) is 13.2 Å². The number of carbonyl (C=O) groups excluding carboxylic acids is 1. The summed E-state index contributed by atoms with van der Waals surface area (Å²) in [6.45, 7) is 7.33. The van der Waals surface area contributed by atoms with E-state index in [4.69, 9.17) is 4.74 Å². The second-order valence-corrected chi connectivity index (χ2v) is 5.78. The van der Waals surface area contributed by atoms with Crippen LogP contribution in [0.5, 0.6) is 0 Å². The number of thiophene rings is 1. The van der Waals surface area contributed by atoms with Crippen LogP contribution in [0.4, 0.5) is 0 Å². The van der Waals surface area contributed by atoms with Gasteiger partial charge in [0.05, 0.1) is 18.7 Å². The van der Waals surface area contributed by atoms with E-state index in [1.54, 1.807) is 11.3 Å². The Morgan fingerprint density at radius 3 is 2.89 bits per heavy atom. The van der Waals surface area contributed by atoms with Crippen LogP contribution in [0.2, 0.25) is 0 Å². The fraction of sp³-hybridized carbons (Fsp3) is 0.643. The van der Waals surface area contributed by atoms with Crippen LogP contribution in [-0.4, -0.2) is 36.1 Å². The number of rotatable bonds is 6. The Hall–Kier alpha value is -0.910. The van der Waals surface area contributed by atoms with Gasteiger partial charge in [-0.1, -0.05) is 13.0 Å². The predicted octanol–water partition coefficient (Wildman–Crippen LogP) is 2.38. The molecule has 0 saturated carbocycles. The molecule has 0 aromatic carbocycles. The maximum atomic E-state index is 12.5. The third-order valence-corrected chi connectivity index (χ3v) is 4.37. The summed E-state index contributed by atoms with van der Waals surface area (Å²) in [5.41, 5.74) is 0. The molecule has 19 heavy (non-hydrogen) atoms. The van der Waals surface area contributed by atoms with Crippen molar-refractivity contribution in [3.8, 4) is 0 Å². The highest BCUT2D eigenvalue weighted by Crippen LogP contribution is 2.31. The van der Waals surface area contributed by atoms with Gasteiger partial charge in [-0.25, -0.2) is 0 Å². The standard InChI is InChI=1S/C14H22N2O2S/c1-4-11-14(17)16(10(3)9-18-5-2)13(15-11)12-7-6-8-19-12/h6-8,10-11,13,15H,4-5,9H2,1-3H3. The average molecular weight is 282 g/mol. The fourth-order valence-electron chi connectivity index (χ4n) is 2.45. The normalized spacial score (nSPS) is 25.0. The van der Waals surface area contributed by atoms with Crippen LogP contribution in [0.1, 0.15) is 38.2 Å². The minimum Gasteiger partial charge on any atom is -0.380 e. The summed E-state index contributed by atoms with van der Waals surface area (Å²) in [5, 5.41) is 5.48. The molecule has 0 radical (unpaired) electrons. The number of nitrogens with zero attached hydrogens (tertiary/aromatic N) is 1. The first kappa shape index (κ1) is 14.5. The molecule has 2 heterocycles. The highest BCUT2D eigenvalue weighted by Gasteiger charge is 2.41. The second kappa shape index (κ2) is 6.50. The molecular weight excluding hydrogens is 260 g/mol. The van der Waals surface area contributed by atoms with Crippen LogP contribution >= 0.6 is 11.3 Å². The highest BCUT2D eigenvalue weighted by molar-refractivity contribution is 7.10. The fourth-order valence-corrected chi connectivity index (χ4v) is 3.23. The topological polar surface area (TPSA) is 41.6 Å². The van der Waals surface area contributed by atoms with Crippen molar-refractivity contribution < 1.29 is 9.53 Å². The van der Waals surface area contributed by atoms with E-state index in [1.807, 2.05) is 37.1 Å². The Bertz CT molecular complexity index is 408. The van der Waals surface area contributed by atoms with Gasteiger partial charge in [0.15, 0.2) is 0 Å². The molecule has 2 rings (SSSR count). The van der Waals surface area contributed by atoms with Gasteiger partial charge in [0.2, 0.25) is 5.91 Å². The Morgan fingerprint density at radius 2 is 2.32 bits per heavy atom. The molecule has 0 bridgehead atoms. The van der Waals surface area contributed by atoms with Crippen molar-refractivity contribution in [2.45, 2.75) is 45.4 Å². The largest absolute Gasteiger partial charge is 0.380 e. The Labute approximate surface area is 118 Å². The third kappa shape index (κ3) is 2.99. The first-order valence-electron chi connectivity index (χ1n) is 6.88. The van der Waals surface area contributed by atoms with Gasteiger partial charge in [0.25, 0.3) is 0 Å². The van der Waals surface area contributed by atoms with Crippen molar-refractivity contribution >= 4 is 17.2 Å². The first-order chi connectivity index (χ1) is 9.19. The maximum absolute atomic E-state index is 12.5. The second-order valence-electron chi connectivity index (χ2n) is 4.80. The molecule has 106 valence electrons. The van der Waals surface area contributed by atoms with E-state index in [9.17, 15) is 4.79 Å². The first-order valence-corrected chi connectivity index (χ1v) is 7.76. The van der Waals surface area contributed by atoms with Crippen molar-refractivity contribution in [1.29, 1.82) is 0 Å². The lowest BCUT2D eigenvalue weighted by molar-refractivity contribution is -0.133. The van der Waals surface area contributed by atoms with Gasteiger partial charge in [-0.2, -0.15) is 0 Å². The summed E-state index contributed by atoms with van der Waals surface area (Å²) in [5.74, 6) is 0.188. The SMILES string of the molecule is CCOCC(C)N1C(=O)C(CC)NC1c1cccs1. The van der Waals surface area contributed by atoms with Crippen LogP contribution in [-0.2, 0) is 9.53 Å². The van der Waals surface area contributed by atoms with E-state index in [1.165, 1.54) is 4.88 Å². The molecule has 0 aliphatic carbocycles. The molecule has 1 aliphatic heterocycles. The van der Waals surface area contributed by atoms with Crippen molar-refractivity contribution in [3.63, 3.8) is 0 Å². The maximum Gasteiger partial charge on any atom is 0.241 e. The zero-order valence-electron chi connectivity index (χ0n) is 11.8. The molecule has 1 saturated heterocycles. The Morgan fingerprint density at radius 1 is 1.53 bits per heavy atom. The van der Waals surface area contributed by atoms with Crippen molar-refractivity contribution in [3.05, 3.63) is 22.4 Å². The number of hydrogen-bond acceptors (Lipinski definition) is 4. The zero-order valence-corrected chi connectivity index (χ0v) is 12.6. The highest BCUT2D eigenvalue weighted by atomic mass is 32.1. The number of ether oxygens (including phenoxy) is 1. The van der Waals surface area contributed by atoms with E-state index >= 15 is 0 Å². The molecule has 1 N–H and O–H groups in total. The Balaban J connectivity index is 2.17. The zero-order chi connectivity index (χ0) is 13.8. The van der Waals surface area contributed by atoms with Crippen molar-refractivity contribution in [2.24, 2.45) is 0 Å². The van der Waals surface area contributed by atoms with Gasteiger partial charge in [0.1, 0.15) is 6.17 Å². The molecule has 3 unspecified atom stereocenters. The molecule has 1 fully saturated rings.